The van der Waals surface area contributed by atoms with Gasteiger partial charge < -0.3 is 0 Å². The molecule has 0 saturated carbocycles. The van der Waals surface area contributed by atoms with Crippen LogP contribution >= 0.6 is 31.9 Å². The van der Waals surface area contributed by atoms with E-state index in [1.807, 2.05) is 0 Å². The molecule has 2 aromatic carbocycles. The maximum Gasteiger partial charge on any atom is 0.0178 e. The second-order valence-electron chi connectivity index (χ2n) is 5.56. The summed E-state index contributed by atoms with van der Waals surface area (Å²) >= 11 is 7.16. The lowest BCUT2D eigenvalue weighted by Crippen LogP contribution is -1.86. The standard InChI is InChI=1S/C18H14Br2/c19-13-3-7-15-11(9-13)1-5-17(15)18-6-2-12-10-14(20)4-8-16(12)18/h3-4,7-10H,1-2,5-6H2/b18-17+. The van der Waals surface area contributed by atoms with Gasteiger partial charge in [-0.2, -0.15) is 0 Å². The first kappa shape index (κ1) is 12.8. The predicted octanol–water partition coefficient (Wildman–Crippen LogP) is 6.01. The van der Waals surface area contributed by atoms with Gasteiger partial charge in [-0.15, -0.1) is 0 Å². The fourth-order valence-electron chi connectivity index (χ4n) is 3.54. The molecule has 0 fully saturated rings. The summed E-state index contributed by atoms with van der Waals surface area (Å²) in [6.45, 7) is 0. The van der Waals surface area contributed by atoms with Gasteiger partial charge in [-0.25, -0.2) is 0 Å². The quantitative estimate of drug-likeness (QED) is 0.517. The van der Waals surface area contributed by atoms with Crippen molar-refractivity contribution in [3.8, 4) is 0 Å². The van der Waals surface area contributed by atoms with Gasteiger partial charge in [-0.3, -0.25) is 0 Å². The van der Waals surface area contributed by atoms with Crippen LogP contribution in [0.2, 0.25) is 0 Å². The van der Waals surface area contributed by atoms with E-state index < -0.39 is 0 Å². The highest BCUT2D eigenvalue weighted by Crippen LogP contribution is 2.44. The van der Waals surface area contributed by atoms with E-state index in [-0.39, 0.29) is 0 Å². The summed E-state index contributed by atoms with van der Waals surface area (Å²) in [5.74, 6) is 0. The fourth-order valence-corrected chi connectivity index (χ4v) is 4.36. The van der Waals surface area contributed by atoms with Gasteiger partial charge in [-0.1, -0.05) is 44.0 Å². The third kappa shape index (κ3) is 2.01. The molecule has 0 aliphatic heterocycles. The van der Waals surface area contributed by atoms with Crippen molar-refractivity contribution < 1.29 is 0 Å². The molecule has 0 nitrogen and oxygen atoms in total. The molecule has 0 aromatic heterocycles. The van der Waals surface area contributed by atoms with Crippen LogP contribution in [0.4, 0.5) is 0 Å². The van der Waals surface area contributed by atoms with E-state index in [9.17, 15) is 0 Å². The summed E-state index contributed by atoms with van der Waals surface area (Å²) in [4.78, 5) is 0. The Bertz CT molecular complexity index is 678. The second kappa shape index (κ2) is 4.85. The number of allylic oxidation sites excluding steroid dienone is 2. The van der Waals surface area contributed by atoms with E-state index in [4.69, 9.17) is 0 Å². The maximum absolute atomic E-state index is 3.58. The van der Waals surface area contributed by atoms with Crippen LogP contribution in [0.15, 0.2) is 45.3 Å². The molecule has 0 radical (unpaired) electrons. The van der Waals surface area contributed by atoms with Gasteiger partial charge in [0.05, 0.1) is 0 Å². The highest BCUT2D eigenvalue weighted by Gasteiger charge is 2.25. The molecule has 20 heavy (non-hydrogen) atoms. The summed E-state index contributed by atoms with van der Waals surface area (Å²) in [5.41, 5.74) is 9.08. The number of aryl methyl sites for hydroxylation is 2. The van der Waals surface area contributed by atoms with Crippen molar-refractivity contribution in [3.63, 3.8) is 0 Å². The van der Waals surface area contributed by atoms with Gasteiger partial charge in [0.1, 0.15) is 0 Å². The van der Waals surface area contributed by atoms with Crippen LogP contribution in [0.3, 0.4) is 0 Å². The third-order valence-electron chi connectivity index (χ3n) is 4.44. The topological polar surface area (TPSA) is 0 Å². The van der Waals surface area contributed by atoms with Crippen molar-refractivity contribution >= 4 is 43.0 Å². The van der Waals surface area contributed by atoms with Crippen LogP contribution in [0.5, 0.6) is 0 Å². The van der Waals surface area contributed by atoms with Crippen molar-refractivity contribution in [2.45, 2.75) is 25.7 Å². The summed E-state index contributed by atoms with van der Waals surface area (Å²) in [6.07, 6.45) is 4.74. The second-order valence-corrected chi connectivity index (χ2v) is 7.39. The van der Waals surface area contributed by atoms with E-state index >= 15 is 0 Å². The zero-order chi connectivity index (χ0) is 13.7. The third-order valence-corrected chi connectivity index (χ3v) is 5.42. The van der Waals surface area contributed by atoms with E-state index in [1.165, 1.54) is 56.9 Å². The lowest BCUT2D eigenvalue weighted by molar-refractivity contribution is 1.06. The van der Waals surface area contributed by atoms with E-state index in [0.717, 1.165) is 0 Å². The molecule has 2 aliphatic rings. The van der Waals surface area contributed by atoms with Gasteiger partial charge in [-0.05, 0) is 83.3 Å². The summed E-state index contributed by atoms with van der Waals surface area (Å²) in [7, 11) is 0. The zero-order valence-electron chi connectivity index (χ0n) is 11.0. The molecule has 0 bridgehead atoms. The molecular formula is C18H14Br2. The van der Waals surface area contributed by atoms with Crippen LogP contribution in [0.25, 0.3) is 11.1 Å². The molecule has 0 saturated heterocycles. The summed E-state index contributed by atoms with van der Waals surface area (Å²) in [6, 6.07) is 13.5. The molecular weight excluding hydrogens is 376 g/mol. The molecule has 0 unspecified atom stereocenters. The number of hydrogen-bond acceptors (Lipinski definition) is 0. The largest absolute Gasteiger partial charge is 0.0533 e. The summed E-state index contributed by atoms with van der Waals surface area (Å²) < 4.78 is 2.39. The van der Waals surface area contributed by atoms with E-state index in [1.54, 1.807) is 11.1 Å². The minimum absolute atomic E-state index is 1.18. The Morgan fingerprint density at radius 2 is 1.05 bits per heavy atom. The minimum atomic E-state index is 1.18. The predicted molar refractivity (Wildman–Crippen MR) is 91.7 cm³/mol. The normalized spacial score (nSPS) is 20.1. The summed E-state index contributed by atoms with van der Waals surface area (Å²) in [5, 5.41) is 0. The van der Waals surface area contributed by atoms with Crippen LogP contribution in [0, 0.1) is 0 Å². The fraction of sp³-hybridized carbons (Fsp3) is 0.222. The molecule has 0 N–H and O–H groups in total. The van der Waals surface area contributed by atoms with Gasteiger partial charge in [0, 0.05) is 8.95 Å². The van der Waals surface area contributed by atoms with Gasteiger partial charge in [0.25, 0.3) is 0 Å². The van der Waals surface area contributed by atoms with Crippen LogP contribution in [0.1, 0.15) is 35.1 Å². The van der Waals surface area contributed by atoms with Gasteiger partial charge in [0.2, 0.25) is 0 Å². The Hall–Kier alpha value is -0.860. The Balaban J connectivity index is 1.88. The Morgan fingerprint density at radius 3 is 1.50 bits per heavy atom. The maximum atomic E-state index is 3.58. The lowest BCUT2D eigenvalue weighted by atomic mass is 9.97. The molecule has 2 aromatic rings. The minimum Gasteiger partial charge on any atom is -0.0533 e. The number of benzene rings is 2. The van der Waals surface area contributed by atoms with Crippen LogP contribution < -0.4 is 0 Å². The van der Waals surface area contributed by atoms with Gasteiger partial charge in [0.15, 0.2) is 0 Å². The molecule has 0 amide bonds. The van der Waals surface area contributed by atoms with Crippen LogP contribution in [-0.4, -0.2) is 0 Å². The highest BCUT2D eigenvalue weighted by atomic mass is 79.9. The smallest absolute Gasteiger partial charge is 0.0178 e. The SMILES string of the molecule is Brc1ccc2c(c1)CC/C2=C1/CCc2cc(Br)ccc21. The van der Waals surface area contributed by atoms with Crippen molar-refractivity contribution in [1.82, 2.24) is 0 Å². The Morgan fingerprint density at radius 1 is 0.600 bits per heavy atom. The highest BCUT2D eigenvalue weighted by molar-refractivity contribution is 9.10. The number of halogens is 2. The molecule has 4 rings (SSSR count). The van der Waals surface area contributed by atoms with E-state index in [2.05, 4.69) is 68.3 Å². The van der Waals surface area contributed by atoms with Crippen LogP contribution in [-0.2, 0) is 12.8 Å². The monoisotopic (exact) mass is 388 g/mol. The average molecular weight is 390 g/mol. The first-order chi connectivity index (χ1) is 9.72. The van der Waals surface area contributed by atoms with Crippen molar-refractivity contribution in [2.75, 3.05) is 0 Å². The first-order valence-corrected chi connectivity index (χ1v) is 8.60. The first-order valence-electron chi connectivity index (χ1n) is 7.02. The molecule has 2 aliphatic carbocycles. The lowest BCUT2D eigenvalue weighted by Gasteiger charge is -2.08. The van der Waals surface area contributed by atoms with Crippen molar-refractivity contribution in [1.29, 1.82) is 0 Å². The molecule has 0 heterocycles. The number of hydrogen-bond donors (Lipinski definition) is 0. The average Bonchev–Trinajstić information content (AvgIpc) is 3.01. The molecule has 2 heteroatoms. The molecule has 0 atom stereocenters. The Labute approximate surface area is 136 Å². The Kier molecular flexibility index (Phi) is 3.12. The number of rotatable bonds is 0. The van der Waals surface area contributed by atoms with Crippen molar-refractivity contribution in [3.05, 3.63) is 67.6 Å². The van der Waals surface area contributed by atoms with Crippen molar-refractivity contribution in [2.24, 2.45) is 0 Å². The van der Waals surface area contributed by atoms with Gasteiger partial charge >= 0.3 is 0 Å². The molecule has 0 spiro atoms. The zero-order valence-corrected chi connectivity index (χ0v) is 14.2. The molecule has 100 valence electrons. The number of fused-ring (bicyclic) bond motifs is 2. The van der Waals surface area contributed by atoms with E-state index in [0.29, 0.717) is 0 Å².